The van der Waals surface area contributed by atoms with Gasteiger partial charge >= 0.3 is 0 Å². The van der Waals surface area contributed by atoms with Crippen LogP contribution in [-0.4, -0.2) is 0 Å². The highest BCUT2D eigenvalue weighted by Gasteiger charge is 2.14. The molecule has 5 aromatic rings. The van der Waals surface area contributed by atoms with Crippen molar-refractivity contribution in [2.75, 3.05) is 10.6 Å². The molecule has 162 valence electrons. The molecule has 0 bridgehead atoms. The minimum atomic E-state index is 1.08. The molecule has 0 aliphatic carbocycles. The van der Waals surface area contributed by atoms with Crippen molar-refractivity contribution in [2.24, 2.45) is 0 Å². The van der Waals surface area contributed by atoms with E-state index in [1.807, 2.05) is 39.8 Å². The average molecular weight is 421 g/mol. The first-order valence-corrected chi connectivity index (χ1v) is 11.5. The van der Waals surface area contributed by atoms with Crippen LogP contribution in [0.3, 0.4) is 0 Å². The minimum Gasteiger partial charge on any atom is -0.355 e. The van der Waals surface area contributed by atoms with Crippen molar-refractivity contribution in [3.8, 4) is 0 Å². The number of hydrogen-bond acceptors (Lipinski definition) is 2. The zero-order chi connectivity index (χ0) is 22.8. The Balaban J connectivity index is 0.000000686. The van der Waals surface area contributed by atoms with Gasteiger partial charge in [-0.1, -0.05) is 113 Å². The lowest BCUT2D eigenvalue weighted by molar-refractivity contribution is 1.50. The van der Waals surface area contributed by atoms with Gasteiger partial charge in [0.05, 0.1) is 11.4 Å². The van der Waals surface area contributed by atoms with Crippen molar-refractivity contribution in [1.82, 2.24) is 0 Å². The van der Waals surface area contributed by atoms with Crippen molar-refractivity contribution in [2.45, 2.75) is 27.7 Å². The Hall–Kier alpha value is -3.78. The monoisotopic (exact) mass is 420 g/mol. The SMILES string of the molecule is CC.CC.c1ccc(Nc2c3ccccc3c(Nc3ccccc3)c3ccccc23)cc1. The highest BCUT2D eigenvalue weighted by Crippen LogP contribution is 2.41. The summed E-state index contributed by atoms with van der Waals surface area (Å²) in [5.74, 6) is 0. The number of benzene rings is 5. The number of hydrogen-bond donors (Lipinski definition) is 2. The molecule has 2 N–H and O–H groups in total. The average Bonchev–Trinajstić information content (AvgIpc) is 2.89. The standard InChI is InChI=1S/C26H20N2.2C2H6/c1-3-11-19(12-4-1)27-25-21-15-7-9-17-23(21)26(24-18-10-8-16-22(24)25)28-20-13-5-2-6-14-20;2*1-2/h1-18,27-28H;2*1-2H3. The van der Waals surface area contributed by atoms with Gasteiger partial charge in [0.25, 0.3) is 0 Å². The van der Waals surface area contributed by atoms with Crippen LogP contribution in [0.2, 0.25) is 0 Å². The molecule has 2 nitrogen and oxygen atoms in total. The highest BCUT2D eigenvalue weighted by atomic mass is 14.9. The summed E-state index contributed by atoms with van der Waals surface area (Å²) >= 11 is 0. The zero-order valence-electron chi connectivity index (χ0n) is 19.4. The second-order valence-corrected chi connectivity index (χ2v) is 6.82. The minimum absolute atomic E-state index is 1.08. The molecule has 2 heteroatoms. The van der Waals surface area contributed by atoms with Crippen molar-refractivity contribution >= 4 is 44.3 Å². The first kappa shape index (κ1) is 22.9. The Morgan fingerprint density at radius 1 is 0.344 bits per heavy atom. The van der Waals surface area contributed by atoms with Gasteiger partial charge in [0.1, 0.15) is 0 Å². The molecule has 0 fully saturated rings. The molecule has 32 heavy (non-hydrogen) atoms. The van der Waals surface area contributed by atoms with Gasteiger partial charge in [-0.2, -0.15) is 0 Å². The maximum Gasteiger partial charge on any atom is 0.0545 e. The Labute approximate surface area is 191 Å². The Morgan fingerprint density at radius 3 is 0.875 bits per heavy atom. The Kier molecular flexibility index (Phi) is 8.28. The van der Waals surface area contributed by atoms with Crippen LogP contribution in [-0.2, 0) is 0 Å². The van der Waals surface area contributed by atoms with E-state index in [4.69, 9.17) is 0 Å². The van der Waals surface area contributed by atoms with E-state index >= 15 is 0 Å². The van der Waals surface area contributed by atoms with Gasteiger partial charge in [-0.15, -0.1) is 0 Å². The van der Waals surface area contributed by atoms with E-state index < -0.39 is 0 Å². The molecular formula is C30H32N2. The van der Waals surface area contributed by atoms with Gasteiger partial charge in [0.2, 0.25) is 0 Å². The van der Waals surface area contributed by atoms with Crippen LogP contribution in [0.25, 0.3) is 21.5 Å². The molecule has 0 radical (unpaired) electrons. The largest absolute Gasteiger partial charge is 0.355 e. The first-order valence-electron chi connectivity index (χ1n) is 11.5. The van der Waals surface area contributed by atoms with E-state index in [2.05, 4.69) is 108 Å². The topological polar surface area (TPSA) is 24.1 Å². The van der Waals surface area contributed by atoms with E-state index in [1.165, 1.54) is 21.5 Å². The third-order valence-electron chi connectivity index (χ3n) is 5.02. The number of rotatable bonds is 4. The quantitative estimate of drug-likeness (QED) is 0.223. The summed E-state index contributed by atoms with van der Waals surface area (Å²) < 4.78 is 0. The second kappa shape index (κ2) is 11.6. The summed E-state index contributed by atoms with van der Waals surface area (Å²) in [6.45, 7) is 8.00. The fourth-order valence-electron chi connectivity index (χ4n) is 3.73. The van der Waals surface area contributed by atoms with E-state index in [1.54, 1.807) is 0 Å². The van der Waals surface area contributed by atoms with E-state index in [-0.39, 0.29) is 0 Å². The molecule has 0 saturated carbocycles. The van der Waals surface area contributed by atoms with Crippen molar-refractivity contribution in [3.63, 3.8) is 0 Å². The van der Waals surface area contributed by atoms with Gasteiger partial charge < -0.3 is 10.6 Å². The third-order valence-corrected chi connectivity index (χ3v) is 5.02. The number of anilines is 4. The van der Waals surface area contributed by atoms with Crippen molar-refractivity contribution in [3.05, 3.63) is 109 Å². The summed E-state index contributed by atoms with van der Waals surface area (Å²) in [5.41, 5.74) is 4.44. The molecular weight excluding hydrogens is 388 g/mol. The van der Waals surface area contributed by atoms with Gasteiger partial charge in [-0.25, -0.2) is 0 Å². The van der Waals surface area contributed by atoms with Crippen LogP contribution < -0.4 is 10.6 Å². The van der Waals surface area contributed by atoms with Gasteiger partial charge in [0.15, 0.2) is 0 Å². The maximum absolute atomic E-state index is 3.65. The maximum atomic E-state index is 3.65. The predicted molar refractivity (Wildman–Crippen MR) is 144 cm³/mol. The summed E-state index contributed by atoms with van der Waals surface area (Å²) in [7, 11) is 0. The number of para-hydroxylation sites is 2. The fourth-order valence-corrected chi connectivity index (χ4v) is 3.73. The van der Waals surface area contributed by atoms with Crippen LogP contribution in [0.15, 0.2) is 109 Å². The molecule has 0 aromatic heterocycles. The molecule has 5 aromatic carbocycles. The lowest BCUT2D eigenvalue weighted by Crippen LogP contribution is -1.98. The van der Waals surface area contributed by atoms with Crippen LogP contribution in [0.1, 0.15) is 27.7 Å². The van der Waals surface area contributed by atoms with Gasteiger partial charge in [0, 0.05) is 32.9 Å². The van der Waals surface area contributed by atoms with Crippen molar-refractivity contribution in [1.29, 1.82) is 0 Å². The van der Waals surface area contributed by atoms with Gasteiger partial charge in [-0.05, 0) is 24.3 Å². The van der Waals surface area contributed by atoms with Gasteiger partial charge in [-0.3, -0.25) is 0 Å². The van der Waals surface area contributed by atoms with Crippen LogP contribution >= 0.6 is 0 Å². The highest BCUT2D eigenvalue weighted by molar-refractivity contribution is 6.20. The summed E-state index contributed by atoms with van der Waals surface area (Å²) in [5, 5.41) is 12.1. The predicted octanol–water partition coefficient (Wildman–Crippen LogP) is 9.53. The van der Waals surface area contributed by atoms with Crippen molar-refractivity contribution < 1.29 is 0 Å². The zero-order valence-corrected chi connectivity index (χ0v) is 19.4. The Morgan fingerprint density at radius 2 is 0.594 bits per heavy atom. The van der Waals surface area contributed by atoms with Crippen LogP contribution in [0.4, 0.5) is 22.7 Å². The molecule has 0 spiro atoms. The molecule has 5 rings (SSSR count). The number of nitrogens with one attached hydrogen (secondary N) is 2. The smallest absolute Gasteiger partial charge is 0.0545 e. The molecule has 0 saturated heterocycles. The fraction of sp³-hybridized carbons (Fsp3) is 0.133. The van der Waals surface area contributed by atoms with Crippen LogP contribution in [0.5, 0.6) is 0 Å². The first-order chi connectivity index (χ1) is 15.9. The summed E-state index contributed by atoms with van der Waals surface area (Å²) in [6.07, 6.45) is 0. The molecule has 0 heterocycles. The summed E-state index contributed by atoms with van der Waals surface area (Å²) in [6, 6.07) is 37.8. The second-order valence-electron chi connectivity index (χ2n) is 6.82. The Bertz CT molecular complexity index is 1090. The molecule has 0 unspecified atom stereocenters. The van der Waals surface area contributed by atoms with E-state index in [0.29, 0.717) is 0 Å². The van der Waals surface area contributed by atoms with Crippen LogP contribution in [0, 0.1) is 0 Å². The third kappa shape index (κ3) is 4.92. The lowest BCUT2D eigenvalue weighted by Gasteiger charge is -2.19. The van der Waals surface area contributed by atoms with E-state index in [9.17, 15) is 0 Å². The normalized spacial score (nSPS) is 9.88. The number of fused-ring (bicyclic) bond motifs is 2. The molecule has 0 aliphatic heterocycles. The summed E-state index contributed by atoms with van der Waals surface area (Å²) in [4.78, 5) is 0. The lowest BCUT2D eigenvalue weighted by atomic mass is 9.98. The molecule has 0 atom stereocenters. The molecule has 0 aliphatic rings. The molecule has 0 amide bonds. The van der Waals surface area contributed by atoms with E-state index in [0.717, 1.165) is 22.7 Å².